The summed E-state index contributed by atoms with van der Waals surface area (Å²) in [5.74, 6) is -0.171. The Hall–Kier alpha value is -2.83. The van der Waals surface area contributed by atoms with Crippen LogP contribution in [-0.2, 0) is 14.1 Å². The second kappa shape index (κ2) is 4.87. The summed E-state index contributed by atoms with van der Waals surface area (Å²) < 4.78 is 2.37. The Morgan fingerprint density at radius 2 is 1.73 bits per heavy atom. The van der Waals surface area contributed by atoms with Gasteiger partial charge in [0.2, 0.25) is 0 Å². The van der Waals surface area contributed by atoms with E-state index in [1.54, 1.807) is 32.3 Å². The molecule has 1 aromatic heterocycles. The summed E-state index contributed by atoms with van der Waals surface area (Å²) in [7, 11) is 4.62. The minimum absolute atomic E-state index is 0.171. The van der Waals surface area contributed by atoms with E-state index in [0.717, 1.165) is 4.57 Å². The van der Waals surface area contributed by atoms with Crippen LogP contribution in [0.15, 0.2) is 40.1 Å². The SMILES string of the molecule is CN1C(=O)c2ccccc2N[C@@H]1c1cn(C)c(=O)n(C)c1=O. The second-order valence-corrected chi connectivity index (χ2v) is 5.35. The predicted octanol–water partition coefficient (Wildman–Crippen LogP) is 0.280. The first-order valence-corrected chi connectivity index (χ1v) is 6.81. The van der Waals surface area contributed by atoms with Crippen LogP contribution < -0.4 is 16.6 Å². The molecule has 1 N–H and O–H groups in total. The van der Waals surface area contributed by atoms with Crippen molar-refractivity contribution in [2.24, 2.45) is 14.1 Å². The molecule has 0 fully saturated rings. The first-order chi connectivity index (χ1) is 10.4. The maximum atomic E-state index is 12.5. The minimum Gasteiger partial charge on any atom is -0.361 e. The molecule has 0 saturated carbocycles. The fraction of sp³-hybridized carbons (Fsp3) is 0.267. The van der Waals surface area contributed by atoms with E-state index in [0.29, 0.717) is 16.8 Å². The van der Waals surface area contributed by atoms with Gasteiger partial charge < -0.3 is 14.8 Å². The van der Waals surface area contributed by atoms with Crippen LogP contribution in [0.5, 0.6) is 0 Å². The van der Waals surface area contributed by atoms with Crippen molar-refractivity contribution in [3.8, 4) is 0 Å². The number of aryl methyl sites for hydroxylation is 1. The number of rotatable bonds is 1. The molecule has 2 heterocycles. The Balaban J connectivity index is 2.17. The molecule has 114 valence electrons. The minimum atomic E-state index is -0.618. The normalized spacial score (nSPS) is 17.1. The van der Waals surface area contributed by atoms with Gasteiger partial charge in [0, 0.05) is 33.0 Å². The molecule has 7 nitrogen and oxygen atoms in total. The fourth-order valence-corrected chi connectivity index (χ4v) is 2.66. The lowest BCUT2D eigenvalue weighted by atomic mass is 10.1. The van der Waals surface area contributed by atoms with E-state index in [2.05, 4.69) is 5.32 Å². The molecule has 0 aliphatic carbocycles. The van der Waals surface area contributed by atoms with Crippen molar-refractivity contribution in [2.45, 2.75) is 6.17 Å². The molecule has 0 spiro atoms. The van der Waals surface area contributed by atoms with Gasteiger partial charge in [-0.25, -0.2) is 4.79 Å². The van der Waals surface area contributed by atoms with Crippen LogP contribution in [0.3, 0.4) is 0 Å². The number of nitrogens with zero attached hydrogens (tertiary/aromatic N) is 3. The predicted molar refractivity (Wildman–Crippen MR) is 81.8 cm³/mol. The molecule has 1 atom stereocenters. The number of fused-ring (bicyclic) bond motifs is 1. The van der Waals surface area contributed by atoms with Gasteiger partial charge in [0.05, 0.1) is 11.1 Å². The van der Waals surface area contributed by atoms with E-state index in [1.807, 2.05) is 6.07 Å². The number of anilines is 1. The molecule has 0 saturated heterocycles. The summed E-state index contributed by atoms with van der Waals surface area (Å²) in [4.78, 5) is 38.1. The summed E-state index contributed by atoms with van der Waals surface area (Å²) in [6, 6.07) is 7.13. The number of hydrogen-bond acceptors (Lipinski definition) is 4. The molecule has 1 aromatic carbocycles. The Labute approximate surface area is 126 Å². The van der Waals surface area contributed by atoms with Gasteiger partial charge in [0.25, 0.3) is 11.5 Å². The topological polar surface area (TPSA) is 76.3 Å². The van der Waals surface area contributed by atoms with Gasteiger partial charge in [-0.1, -0.05) is 12.1 Å². The highest BCUT2D eigenvalue weighted by molar-refractivity contribution is 6.01. The molecule has 0 bridgehead atoms. The maximum Gasteiger partial charge on any atom is 0.330 e. The number of carbonyl (C=O) groups is 1. The first kappa shape index (κ1) is 14.1. The molecule has 1 aliphatic rings. The van der Waals surface area contributed by atoms with Crippen molar-refractivity contribution in [1.29, 1.82) is 0 Å². The molecule has 3 rings (SSSR count). The summed E-state index contributed by atoms with van der Waals surface area (Å²) in [5.41, 5.74) is 0.753. The van der Waals surface area contributed by atoms with Gasteiger partial charge in [0.1, 0.15) is 6.17 Å². The van der Waals surface area contributed by atoms with E-state index in [-0.39, 0.29) is 5.91 Å². The maximum absolute atomic E-state index is 12.5. The monoisotopic (exact) mass is 300 g/mol. The Bertz CT molecular complexity index is 881. The van der Waals surface area contributed by atoms with Crippen LogP contribution in [0.2, 0.25) is 0 Å². The molecule has 0 unspecified atom stereocenters. The van der Waals surface area contributed by atoms with Crippen molar-refractivity contribution < 1.29 is 4.79 Å². The van der Waals surface area contributed by atoms with Gasteiger partial charge in [-0.05, 0) is 12.1 Å². The molecule has 1 amide bonds. The number of hydrogen-bond donors (Lipinski definition) is 1. The summed E-state index contributed by atoms with van der Waals surface area (Å²) in [6.45, 7) is 0. The van der Waals surface area contributed by atoms with Crippen LogP contribution >= 0.6 is 0 Å². The molecule has 1 aliphatic heterocycles. The summed E-state index contributed by atoms with van der Waals surface area (Å²) in [6.07, 6.45) is 0.855. The van der Waals surface area contributed by atoms with Crippen LogP contribution in [0.4, 0.5) is 5.69 Å². The van der Waals surface area contributed by atoms with E-state index >= 15 is 0 Å². The van der Waals surface area contributed by atoms with E-state index in [9.17, 15) is 14.4 Å². The number of nitrogens with one attached hydrogen (secondary N) is 1. The highest BCUT2D eigenvalue weighted by Gasteiger charge is 2.32. The van der Waals surface area contributed by atoms with Crippen molar-refractivity contribution in [3.63, 3.8) is 0 Å². The van der Waals surface area contributed by atoms with Crippen molar-refractivity contribution >= 4 is 11.6 Å². The van der Waals surface area contributed by atoms with Gasteiger partial charge in [0.15, 0.2) is 0 Å². The third-order valence-electron chi connectivity index (χ3n) is 3.92. The highest BCUT2D eigenvalue weighted by atomic mass is 16.2. The number of benzene rings is 1. The molecule has 2 aromatic rings. The van der Waals surface area contributed by atoms with Crippen LogP contribution in [0.1, 0.15) is 22.1 Å². The third kappa shape index (κ3) is 1.93. The largest absolute Gasteiger partial charge is 0.361 e. The fourth-order valence-electron chi connectivity index (χ4n) is 2.66. The number of carbonyl (C=O) groups excluding carboxylic acids is 1. The molecule has 0 radical (unpaired) electrons. The molecular formula is C15H16N4O3. The van der Waals surface area contributed by atoms with Gasteiger partial charge in [-0.15, -0.1) is 0 Å². The molecular weight excluding hydrogens is 284 g/mol. The van der Waals surface area contributed by atoms with Crippen LogP contribution in [-0.4, -0.2) is 27.0 Å². The van der Waals surface area contributed by atoms with Gasteiger partial charge >= 0.3 is 5.69 Å². The summed E-state index contributed by atoms with van der Waals surface area (Å²) in [5, 5.41) is 3.18. The second-order valence-electron chi connectivity index (χ2n) is 5.35. The Morgan fingerprint density at radius 1 is 1.05 bits per heavy atom. The zero-order chi connectivity index (χ0) is 16.0. The van der Waals surface area contributed by atoms with E-state index in [1.165, 1.54) is 22.7 Å². The van der Waals surface area contributed by atoms with Crippen molar-refractivity contribution in [3.05, 3.63) is 62.4 Å². The van der Waals surface area contributed by atoms with E-state index < -0.39 is 17.4 Å². The average molecular weight is 300 g/mol. The van der Waals surface area contributed by atoms with Crippen LogP contribution in [0, 0.1) is 0 Å². The lowest BCUT2D eigenvalue weighted by Gasteiger charge is -2.35. The number of aromatic nitrogens is 2. The first-order valence-electron chi connectivity index (χ1n) is 6.81. The van der Waals surface area contributed by atoms with E-state index in [4.69, 9.17) is 0 Å². The highest BCUT2D eigenvalue weighted by Crippen LogP contribution is 2.30. The standard InChI is InChI=1S/C15H16N4O3/c1-17-8-10(14(21)19(3)15(17)22)12-16-11-7-5-4-6-9(11)13(20)18(12)2/h4-8,12,16H,1-3H3/t12-/m0/s1. The number of amides is 1. The Morgan fingerprint density at radius 3 is 2.45 bits per heavy atom. The van der Waals surface area contributed by atoms with Crippen molar-refractivity contribution in [1.82, 2.24) is 14.0 Å². The Kier molecular flexibility index (Phi) is 3.13. The molecule has 22 heavy (non-hydrogen) atoms. The molecule has 7 heteroatoms. The third-order valence-corrected chi connectivity index (χ3v) is 3.92. The quantitative estimate of drug-likeness (QED) is 0.821. The van der Waals surface area contributed by atoms with Crippen molar-refractivity contribution in [2.75, 3.05) is 12.4 Å². The van der Waals surface area contributed by atoms with Crippen LogP contribution in [0.25, 0.3) is 0 Å². The average Bonchev–Trinajstić information content (AvgIpc) is 2.52. The summed E-state index contributed by atoms with van der Waals surface area (Å²) >= 11 is 0. The number of para-hydroxylation sites is 1. The lowest BCUT2D eigenvalue weighted by molar-refractivity contribution is 0.0733. The smallest absolute Gasteiger partial charge is 0.330 e. The van der Waals surface area contributed by atoms with Gasteiger partial charge in [-0.2, -0.15) is 0 Å². The van der Waals surface area contributed by atoms with Gasteiger partial charge in [-0.3, -0.25) is 14.2 Å². The lowest BCUT2D eigenvalue weighted by Crippen LogP contribution is -2.46. The zero-order valence-corrected chi connectivity index (χ0v) is 12.5. The zero-order valence-electron chi connectivity index (χ0n) is 12.5.